The summed E-state index contributed by atoms with van der Waals surface area (Å²) in [6.45, 7) is 0.0137. The molecule has 0 saturated carbocycles. The van der Waals surface area contributed by atoms with Gasteiger partial charge in [-0.25, -0.2) is 4.98 Å². The molecule has 6 heteroatoms. The van der Waals surface area contributed by atoms with Crippen molar-refractivity contribution in [2.45, 2.75) is 19.0 Å². The van der Waals surface area contributed by atoms with Gasteiger partial charge in [0.1, 0.15) is 10.9 Å². The van der Waals surface area contributed by atoms with Crippen molar-refractivity contribution in [2.24, 2.45) is 0 Å². The molecule has 0 aliphatic rings. The van der Waals surface area contributed by atoms with E-state index in [0.717, 1.165) is 0 Å². The molecule has 1 rings (SSSR count). The molecule has 2 nitrogen and oxygen atoms in total. The standard InChI is InChI=1S/C9H9ClF3NO/c10-8-6-7(2-4-14-8)15-5-1-3-9(11,12)13/h2,4,6H,1,3,5H2. The summed E-state index contributed by atoms with van der Waals surface area (Å²) in [5, 5.41) is 0.253. The molecular weight excluding hydrogens is 231 g/mol. The highest BCUT2D eigenvalue weighted by Gasteiger charge is 2.26. The maximum atomic E-state index is 11.8. The Kier molecular flexibility index (Phi) is 4.20. The number of nitrogens with zero attached hydrogens (tertiary/aromatic N) is 1. The molecule has 0 saturated heterocycles. The Labute approximate surface area is 90.0 Å². The van der Waals surface area contributed by atoms with Crippen LogP contribution in [0.5, 0.6) is 5.75 Å². The van der Waals surface area contributed by atoms with Crippen LogP contribution in [0.4, 0.5) is 13.2 Å². The molecule has 15 heavy (non-hydrogen) atoms. The third kappa shape index (κ3) is 5.47. The number of aromatic nitrogens is 1. The molecule has 0 aliphatic heterocycles. The highest BCUT2D eigenvalue weighted by molar-refractivity contribution is 6.29. The number of ether oxygens (including phenoxy) is 1. The number of alkyl halides is 3. The molecule has 1 aromatic rings. The summed E-state index contributed by atoms with van der Waals surface area (Å²) in [7, 11) is 0. The number of halogens is 4. The molecule has 0 bridgehead atoms. The second-order valence-corrected chi connectivity index (χ2v) is 3.27. The van der Waals surface area contributed by atoms with Gasteiger partial charge in [-0.3, -0.25) is 0 Å². The average Bonchev–Trinajstić information content (AvgIpc) is 2.11. The van der Waals surface area contributed by atoms with Crippen molar-refractivity contribution in [2.75, 3.05) is 6.61 Å². The lowest BCUT2D eigenvalue weighted by Gasteiger charge is -2.07. The van der Waals surface area contributed by atoms with E-state index >= 15 is 0 Å². The van der Waals surface area contributed by atoms with Crippen molar-refractivity contribution in [1.82, 2.24) is 4.98 Å². The van der Waals surface area contributed by atoms with Crippen LogP contribution in [0.25, 0.3) is 0 Å². The van der Waals surface area contributed by atoms with E-state index in [1.54, 1.807) is 6.07 Å². The minimum atomic E-state index is -4.13. The second-order valence-electron chi connectivity index (χ2n) is 2.88. The Balaban J connectivity index is 2.26. The number of pyridine rings is 1. The molecule has 0 radical (unpaired) electrons. The Bertz CT molecular complexity index is 316. The van der Waals surface area contributed by atoms with Gasteiger partial charge in [-0.1, -0.05) is 11.6 Å². The Hall–Kier alpha value is -0.970. The lowest BCUT2D eigenvalue weighted by Crippen LogP contribution is -2.09. The molecule has 1 heterocycles. The van der Waals surface area contributed by atoms with Crippen LogP contribution in [0.2, 0.25) is 5.15 Å². The molecule has 0 aliphatic carbocycles. The summed E-state index contributed by atoms with van der Waals surface area (Å²) in [5.41, 5.74) is 0. The molecular formula is C9H9ClF3NO. The topological polar surface area (TPSA) is 22.1 Å². The Morgan fingerprint density at radius 3 is 2.73 bits per heavy atom. The van der Waals surface area contributed by atoms with E-state index in [4.69, 9.17) is 16.3 Å². The van der Waals surface area contributed by atoms with Gasteiger partial charge in [0.15, 0.2) is 0 Å². The Morgan fingerprint density at radius 2 is 2.13 bits per heavy atom. The summed E-state index contributed by atoms with van der Waals surface area (Å²) in [5.74, 6) is 0.428. The maximum Gasteiger partial charge on any atom is 0.389 e. The first-order valence-corrected chi connectivity index (χ1v) is 4.66. The van der Waals surface area contributed by atoms with Crippen LogP contribution < -0.4 is 4.74 Å². The predicted molar refractivity (Wildman–Crippen MR) is 50.0 cm³/mol. The van der Waals surface area contributed by atoms with E-state index in [9.17, 15) is 13.2 Å². The molecule has 1 aromatic heterocycles. The van der Waals surface area contributed by atoms with E-state index in [0.29, 0.717) is 5.75 Å². The third-order valence-corrected chi connectivity index (χ3v) is 1.78. The van der Waals surface area contributed by atoms with E-state index in [1.807, 2.05) is 0 Å². The maximum absolute atomic E-state index is 11.8. The fraction of sp³-hybridized carbons (Fsp3) is 0.444. The normalized spacial score (nSPS) is 11.5. The van der Waals surface area contributed by atoms with Crippen molar-refractivity contribution >= 4 is 11.6 Å². The molecule has 0 atom stereocenters. The SMILES string of the molecule is FC(F)(F)CCCOc1ccnc(Cl)c1. The monoisotopic (exact) mass is 239 g/mol. The molecule has 0 aromatic carbocycles. The van der Waals surface area contributed by atoms with Gasteiger partial charge >= 0.3 is 6.18 Å². The summed E-state index contributed by atoms with van der Waals surface area (Å²) in [4.78, 5) is 3.71. The molecule has 0 spiro atoms. The van der Waals surface area contributed by atoms with E-state index in [1.165, 1.54) is 12.3 Å². The summed E-state index contributed by atoms with van der Waals surface area (Å²) in [6.07, 6.45) is -3.60. The summed E-state index contributed by atoms with van der Waals surface area (Å²) in [6, 6.07) is 2.99. The van der Waals surface area contributed by atoms with Gasteiger partial charge in [0, 0.05) is 18.7 Å². The van der Waals surface area contributed by atoms with Gasteiger partial charge in [0.25, 0.3) is 0 Å². The molecule has 0 fully saturated rings. The first-order valence-electron chi connectivity index (χ1n) is 4.28. The van der Waals surface area contributed by atoms with Crippen LogP contribution in [0.1, 0.15) is 12.8 Å². The first kappa shape index (κ1) is 12.1. The van der Waals surface area contributed by atoms with Crippen LogP contribution in [0.3, 0.4) is 0 Å². The lowest BCUT2D eigenvalue weighted by molar-refractivity contribution is -0.136. The zero-order valence-corrected chi connectivity index (χ0v) is 8.48. The van der Waals surface area contributed by atoms with Gasteiger partial charge in [0.05, 0.1) is 6.61 Å². The summed E-state index contributed by atoms with van der Waals surface area (Å²) < 4.78 is 40.3. The van der Waals surface area contributed by atoms with Crippen molar-refractivity contribution in [3.8, 4) is 5.75 Å². The van der Waals surface area contributed by atoms with Gasteiger partial charge in [-0.2, -0.15) is 13.2 Å². The van der Waals surface area contributed by atoms with Gasteiger partial charge in [-0.15, -0.1) is 0 Å². The van der Waals surface area contributed by atoms with Crippen LogP contribution in [0.15, 0.2) is 18.3 Å². The number of hydrogen-bond acceptors (Lipinski definition) is 2. The van der Waals surface area contributed by atoms with Crippen molar-refractivity contribution < 1.29 is 17.9 Å². The molecule has 84 valence electrons. The molecule has 0 unspecified atom stereocenters. The highest BCUT2D eigenvalue weighted by Crippen LogP contribution is 2.21. The quantitative estimate of drug-likeness (QED) is 0.593. The van der Waals surface area contributed by atoms with Gasteiger partial charge < -0.3 is 4.74 Å². The minimum absolute atomic E-state index is 0.0137. The third-order valence-electron chi connectivity index (χ3n) is 1.57. The van der Waals surface area contributed by atoms with Crippen LogP contribution in [-0.2, 0) is 0 Å². The Morgan fingerprint density at radius 1 is 1.40 bits per heavy atom. The number of hydrogen-bond donors (Lipinski definition) is 0. The molecule has 0 N–H and O–H groups in total. The fourth-order valence-corrected chi connectivity index (χ4v) is 1.10. The smallest absolute Gasteiger partial charge is 0.389 e. The van der Waals surface area contributed by atoms with Crippen LogP contribution >= 0.6 is 11.6 Å². The van der Waals surface area contributed by atoms with Crippen molar-refractivity contribution in [1.29, 1.82) is 0 Å². The highest BCUT2D eigenvalue weighted by atomic mass is 35.5. The average molecular weight is 240 g/mol. The number of rotatable bonds is 4. The predicted octanol–water partition coefficient (Wildman–Crippen LogP) is 3.46. The zero-order chi connectivity index (χ0) is 11.3. The zero-order valence-electron chi connectivity index (χ0n) is 7.72. The van der Waals surface area contributed by atoms with Crippen LogP contribution in [-0.4, -0.2) is 17.8 Å². The molecule has 0 amide bonds. The van der Waals surface area contributed by atoms with Crippen molar-refractivity contribution in [3.05, 3.63) is 23.5 Å². The largest absolute Gasteiger partial charge is 0.493 e. The first-order chi connectivity index (χ1) is 6.97. The second kappa shape index (κ2) is 5.21. The van der Waals surface area contributed by atoms with Crippen LogP contribution in [0, 0.1) is 0 Å². The van der Waals surface area contributed by atoms with E-state index < -0.39 is 12.6 Å². The fourth-order valence-electron chi connectivity index (χ4n) is 0.937. The van der Waals surface area contributed by atoms with Gasteiger partial charge in [-0.05, 0) is 12.5 Å². The van der Waals surface area contributed by atoms with E-state index in [-0.39, 0.29) is 18.2 Å². The lowest BCUT2D eigenvalue weighted by atomic mass is 10.3. The van der Waals surface area contributed by atoms with Gasteiger partial charge in [0.2, 0.25) is 0 Å². The van der Waals surface area contributed by atoms with Crippen molar-refractivity contribution in [3.63, 3.8) is 0 Å². The summed E-state index contributed by atoms with van der Waals surface area (Å²) >= 11 is 5.56. The minimum Gasteiger partial charge on any atom is -0.493 e. The van der Waals surface area contributed by atoms with E-state index in [2.05, 4.69) is 4.98 Å².